The number of carbonyl (C=O) groups is 1. The molecule has 0 aliphatic carbocycles. The van der Waals surface area contributed by atoms with E-state index >= 15 is 0 Å². The lowest BCUT2D eigenvalue weighted by Gasteiger charge is -2.46. The molecule has 2 aliphatic heterocycles. The molecule has 27 heavy (non-hydrogen) atoms. The number of aromatic nitrogens is 2. The lowest BCUT2D eigenvalue weighted by Crippen LogP contribution is -2.51. The summed E-state index contributed by atoms with van der Waals surface area (Å²) < 4.78 is 1.74. The van der Waals surface area contributed by atoms with Crippen molar-refractivity contribution in [3.05, 3.63) is 44.8 Å². The van der Waals surface area contributed by atoms with Gasteiger partial charge in [-0.25, -0.2) is 4.98 Å². The van der Waals surface area contributed by atoms with Gasteiger partial charge in [0.25, 0.3) is 11.5 Å². The number of anilines is 1. The van der Waals surface area contributed by atoms with E-state index in [-0.39, 0.29) is 36.0 Å². The Morgan fingerprint density at radius 1 is 1.41 bits per heavy atom. The van der Waals surface area contributed by atoms with E-state index in [4.69, 9.17) is 0 Å². The first-order valence-electron chi connectivity index (χ1n) is 9.36. The lowest BCUT2D eigenvalue weighted by atomic mass is 9.78. The summed E-state index contributed by atoms with van der Waals surface area (Å²) in [7, 11) is 0. The van der Waals surface area contributed by atoms with Gasteiger partial charge in [-0.05, 0) is 26.3 Å². The van der Waals surface area contributed by atoms with Crippen LogP contribution in [0, 0.1) is 12.8 Å². The number of pyridine rings is 1. The van der Waals surface area contributed by atoms with E-state index in [0.29, 0.717) is 18.0 Å². The predicted molar refractivity (Wildman–Crippen MR) is 105 cm³/mol. The van der Waals surface area contributed by atoms with Crippen LogP contribution in [-0.4, -0.2) is 51.7 Å². The summed E-state index contributed by atoms with van der Waals surface area (Å²) in [5.74, 6) is 0.185. The zero-order valence-electron chi connectivity index (χ0n) is 15.5. The quantitative estimate of drug-likeness (QED) is 0.835. The molecular weight excluding hydrogens is 364 g/mol. The van der Waals surface area contributed by atoms with Crippen LogP contribution in [0.5, 0.6) is 0 Å². The Hall–Kier alpha value is -2.19. The van der Waals surface area contributed by atoms with Gasteiger partial charge in [0, 0.05) is 43.2 Å². The second-order valence-electron chi connectivity index (χ2n) is 7.28. The van der Waals surface area contributed by atoms with Gasteiger partial charge in [-0.3, -0.25) is 9.59 Å². The Bertz CT molecular complexity index is 922. The third kappa shape index (κ3) is 3.06. The molecule has 2 aromatic rings. The molecule has 3 atom stereocenters. The van der Waals surface area contributed by atoms with E-state index in [1.165, 1.54) is 11.3 Å². The number of aryl methyl sites for hydroxylation is 1. The normalized spacial score (nSPS) is 23.8. The highest BCUT2D eigenvalue weighted by atomic mass is 32.1. The molecule has 2 aliphatic rings. The number of fused-ring (bicyclic) bond motifs is 4. The lowest BCUT2D eigenvalue weighted by molar-refractivity contribution is 0.0440. The first kappa shape index (κ1) is 18.2. The van der Waals surface area contributed by atoms with Gasteiger partial charge in [0.15, 0.2) is 5.13 Å². The Kier molecular flexibility index (Phi) is 4.77. The second kappa shape index (κ2) is 7.09. The predicted octanol–water partition coefficient (Wildman–Crippen LogP) is 1.84. The highest BCUT2D eigenvalue weighted by Crippen LogP contribution is 2.41. The highest BCUT2D eigenvalue weighted by molar-refractivity contribution is 7.17. The maximum atomic E-state index is 13.2. The Balaban J connectivity index is 1.65. The summed E-state index contributed by atoms with van der Waals surface area (Å²) in [6.07, 6.45) is 0.892. The molecule has 2 bridgehead atoms. The van der Waals surface area contributed by atoms with Gasteiger partial charge in [-0.1, -0.05) is 17.4 Å². The third-order valence-electron chi connectivity index (χ3n) is 5.59. The zero-order chi connectivity index (χ0) is 19.1. The summed E-state index contributed by atoms with van der Waals surface area (Å²) in [6, 6.07) is 4.97. The van der Waals surface area contributed by atoms with Crippen LogP contribution in [0.3, 0.4) is 0 Å². The highest BCUT2D eigenvalue weighted by Gasteiger charge is 2.42. The SMILES string of the molecule is CCNc1nc(C)c(C(=O)N2C[C@H]3C[C@@H](C2)[C@H](CO)n2c3cccc2=O)s1. The van der Waals surface area contributed by atoms with Gasteiger partial charge >= 0.3 is 0 Å². The Morgan fingerprint density at radius 3 is 2.96 bits per heavy atom. The van der Waals surface area contributed by atoms with Gasteiger partial charge < -0.3 is 19.9 Å². The summed E-state index contributed by atoms with van der Waals surface area (Å²) in [5.41, 5.74) is 1.59. The maximum Gasteiger partial charge on any atom is 0.265 e. The zero-order valence-corrected chi connectivity index (χ0v) is 16.3. The Labute approximate surface area is 161 Å². The molecule has 0 saturated carbocycles. The molecule has 144 valence electrons. The van der Waals surface area contributed by atoms with Crippen LogP contribution >= 0.6 is 11.3 Å². The van der Waals surface area contributed by atoms with Crippen molar-refractivity contribution in [3.8, 4) is 0 Å². The molecule has 1 saturated heterocycles. The van der Waals surface area contributed by atoms with Crippen molar-refractivity contribution in [1.82, 2.24) is 14.5 Å². The van der Waals surface area contributed by atoms with Crippen molar-refractivity contribution >= 4 is 22.4 Å². The number of piperidine rings is 1. The summed E-state index contributed by atoms with van der Waals surface area (Å²) in [5, 5.41) is 13.9. The fourth-order valence-corrected chi connectivity index (χ4v) is 5.41. The molecule has 2 aromatic heterocycles. The Morgan fingerprint density at radius 2 is 2.22 bits per heavy atom. The molecule has 2 N–H and O–H groups in total. The summed E-state index contributed by atoms with van der Waals surface area (Å²) >= 11 is 1.39. The van der Waals surface area contributed by atoms with Gasteiger partial charge in [0.05, 0.1) is 18.3 Å². The summed E-state index contributed by atoms with van der Waals surface area (Å²) in [4.78, 5) is 32.5. The maximum absolute atomic E-state index is 13.2. The molecule has 4 heterocycles. The number of likely N-dealkylation sites (tertiary alicyclic amines) is 1. The van der Waals surface area contributed by atoms with Crippen molar-refractivity contribution in [2.24, 2.45) is 5.92 Å². The van der Waals surface area contributed by atoms with Crippen molar-refractivity contribution in [3.63, 3.8) is 0 Å². The van der Waals surface area contributed by atoms with Crippen molar-refractivity contribution in [2.75, 3.05) is 31.6 Å². The number of aliphatic hydroxyl groups is 1. The molecule has 1 amide bonds. The van der Waals surface area contributed by atoms with Gasteiger partial charge in [-0.2, -0.15) is 0 Å². The number of nitrogens with one attached hydrogen (secondary N) is 1. The van der Waals surface area contributed by atoms with Gasteiger partial charge in [0.1, 0.15) is 4.88 Å². The third-order valence-corrected chi connectivity index (χ3v) is 6.69. The fourth-order valence-electron chi connectivity index (χ4n) is 4.41. The largest absolute Gasteiger partial charge is 0.394 e. The number of amides is 1. The van der Waals surface area contributed by atoms with Crippen molar-refractivity contribution in [1.29, 1.82) is 0 Å². The van der Waals surface area contributed by atoms with E-state index in [2.05, 4.69) is 10.3 Å². The number of hydrogen-bond acceptors (Lipinski definition) is 6. The van der Waals surface area contributed by atoms with Crippen LogP contribution in [0.4, 0.5) is 5.13 Å². The van der Waals surface area contributed by atoms with Crippen LogP contribution in [0.2, 0.25) is 0 Å². The van der Waals surface area contributed by atoms with Crippen LogP contribution in [0.1, 0.15) is 46.4 Å². The molecule has 0 unspecified atom stereocenters. The van der Waals surface area contributed by atoms with Crippen LogP contribution in [-0.2, 0) is 0 Å². The number of rotatable bonds is 4. The minimum absolute atomic E-state index is 0.00716. The standard InChI is InChI=1S/C19H24N4O3S/c1-3-20-19-21-11(2)17(27-19)18(26)22-8-12-7-13(9-22)15(10-24)23-14(12)5-4-6-16(23)25/h4-6,12-13,15,24H,3,7-10H2,1-2H3,(H,20,21)/t12-,13+,15+/m1/s1. The van der Waals surface area contributed by atoms with Crippen molar-refractivity contribution < 1.29 is 9.90 Å². The van der Waals surface area contributed by atoms with E-state index < -0.39 is 0 Å². The second-order valence-corrected chi connectivity index (χ2v) is 8.27. The van der Waals surface area contributed by atoms with E-state index in [0.717, 1.165) is 29.5 Å². The molecule has 7 nitrogen and oxygen atoms in total. The topological polar surface area (TPSA) is 87.5 Å². The van der Waals surface area contributed by atoms with E-state index in [9.17, 15) is 14.7 Å². The molecule has 8 heteroatoms. The van der Waals surface area contributed by atoms with E-state index in [1.807, 2.05) is 24.8 Å². The molecule has 0 aromatic carbocycles. The van der Waals surface area contributed by atoms with E-state index in [1.54, 1.807) is 16.7 Å². The molecule has 4 rings (SSSR count). The molecular formula is C19H24N4O3S. The van der Waals surface area contributed by atoms with Crippen LogP contribution in [0.25, 0.3) is 0 Å². The number of thiazole rings is 1. The molecule has 1 fully saturated rings. The molecule has 0 radical (unpaired) electrons. The van der Waals surface area contributed by atoms with Crippen LogP contribution < -0.4 is 10.9 Å². The minimum atomic E-state index is -0.277. The number of carbonyl (C=O) groups excluding carboxylic acids is 1. The fraction of sp³-hybridized carbons (Fsp3) is 0.526. The van der Waals surface area contributed by atoms with Gasteiger partial charge in [0.2, 0.25) is 0 Å². The number of nitrogens with zero attached hydrogens (tertiary/aromatic N) is 3. The smallest absolute Gasteiger partial charge is 0.265 e. The van der Waals surface area contributed by atoms with Crippen LogP contribution in [0.15, 0.2) is 23.0 Å². The number of aliphatic hydroxyl groups excluding tert-OH is 1. The average Bonchev–Trinajstić information content (AvgIpc) is 3.02. The average molecular weight is 388 g/mol. The summed E-state index contributed by atoms with van der Waals surface area (Å²) in [6.45, 7) is 5.66. The van der Waals surface area contributed by atoms with Crippen molar-refractivity contribution in [2.45, 2.75) is 32.2 Å². The monoisotopic (exact) mass is 388 g/mol. The first-order valence-corrected chi connectivity index (χ1v) is 10.2. The molecule has 0 spiro atoms. The first-order chi connectivity index (χ1) is 13.0. The minimum Gasteiger partial charge on any atom is -0.394 e. The number of hydrogen-bond donors (Lipinski definition) is 2. The van der Waals surface area contributed by atoms with Gasteiger partial charge in [-0.15, -0.1) is 0 Å².